The molecule has 1 aliphatic rings. The van der Waals surface area contributed by atoms with Gasteiger partial charge in [-0.2, -0.15) is 0 Å². The lowest BCUT2D eigenvalue weighted by Crippen LogP contribution is -2.51. The molecule has 0 aromatic carbocycles. The Morgan fingerprint density at radius 3 is 2.42 bits per heavy atom. The van der Waals surface area contributed by atoms with Crippen molar-refractivity contribution in [1.82, 2.24) is 10.2 Å². The number of hydrogen-bond donors (Lipinski definition) is 1. The van der Waals surface area contributed by atoms with Crippen LogP contribution < -0.4 is 5.32 Å². The number of hydrogen-bond acceptors (Lipinski definition) is 4. The molecule has 19 heavy (non-hydrogen) atoms. The van der Waals surface area contributed by atoms with E-state index in [0.29, 0.717) is 32.2 Å². The molecule has 0 spiro atoms. The number of amides is 1. The van der Waals surface area contributed by atoms with Gasteiger partial charge >= 0.3 is 0 Å². The van der Waals surface area contributed by atoms with Crippen LogP contribution in [0.3, 0.4) is 0 Å². The molecular weight excluding hydrogens is 244 g/mol. The van der Waals surface area contributed by atoms with Gasteiger partial charge in [-0.15, -0.1) is 0 Å². The van der Waals surface area contributed by atoms with Crippen molar-refractivity contribution < 1.29 is 14.3 Å². The maximum absolute atomic E-state index is 12.5. The average Bonchev–Trinajstić information content (AvgIpc) is 2.47. The molecule has 0 bridgehead atoms. The number of methoxy groups -OCH3 is 2. The zero-order valence-electron chi connectivity index (χ0n) is 12.5. The van der Waals surface area contributed by atoms with Crippen LogP contribution in [0.5, 0.6) is 0 Å². The Kier molecular flexibility index (Phi) is 8.02. The Balaban J connectivity index is 2.52. The van der Waals surface area contributed by atoms with E-state index in [1.807, 2.05) is 4.90 Å². The molecule has 0 aromatic heterocycles. The molecule has 1 rings (SSSR count). The van der Waals surface area contributed by atoms with Crippen LogP contribution in [0.25, 0.3) is 0 Å². The maximum Gasteiger partial charge on any atom is 0.239 e. The van der Waals surface area contributed by atoms with E-state index in [1.165, 1.54) is 6.42 Å². The summed E-state index contributed by atoms with van der Waals surface area (Å²) in [6.45, 7) is 5.54. The van der Waals surface area contributed by atoms with Gasteiger partial charge in [0, 0.05) is 27.3 Å². The molecule has 1 heterocycles. The summed E-state index contributed by atoms with van der Waals surface area (Å²) in [5.41, 5.74) is 0. The first-order valence-electron chi connectivity index (χ1n) is 7.23. The fraction of sp³-hybridized carbons (Fsp3) is 0.929. The van der Waals surface area contributed by atoms with Gasteiger partial charge in [-0.1, -0.05) is 13.3 Å². The second-order valence-electron chi connectivity index (χ2n) is 5.12. The van der Waals surface area contributed by atoms with E-state index in [-0.39, 0.29) is 11.9 Å². The third kappa shape index (κ3) is 5.47. The van der Waals surface area contributed by atoms with Crippen molar-refractivity contribution in [2.45, 2.75) is 32.2 Å². The molecule has 1 fully saturated rings. The predicted octanol–water partition coefficient (Wildman–Crippen LogP) is 0.886. The highest BCUT2D eigenvalue weighted by Crippen LogP contribution is 2.20. The Bertz CT molecular complexity index is 253. The molecule has 1 amide bonds. The van der Waals surface area contributed by atoms with Gasteiger partial charge < -0.3 is 19.7 Å². The highest BCUT2D eigenvalue weighted by molar-refractivity contribution is 5.82. The summed E-state index contributed by atoms with van der Waals surface area (Å²) in [5, 5.41) is 3.34. The SMILES string of the molecule is CCC1CCNC(C(=O)N(CCOC)CCOC)C1. The van der Waals surface area contributed by atoms with Crippen molar-refractivity contribution in [3.63, 3.8) is 0 Å². The summed E-state index contributed by atoms with van der Waals surface area (Å²) >= 11 is 0. The number of rotatable bonds is 8. The number of carbonyl (C=O) groups excluding carboxylic acids is 1. The largest absolute Gasteiger partial charge is 0.383 e. The molecule has 1 saturated heterocycles. The lowest BCUT2D eigenvalue weighted by atomic mass is 9.90. The highest BCUT2D eigenvalue weighted by Gasteiger charge is 2.29. The average molecular weight is 272 g/mol. The third-order valence-electron chi connectivity index (χ3n) is 3.83. The number of nitrogens with one attached hydrogen (secondary N) is 1. The van der Waals surface area contributed by atoms with Gasteiger partial charge in [-0.25, -0.2) is 0 Å². The van der Waals surface area contributed by atoms with Gasteiger partial charge in [-0.3, -0.25) is 4.79 Å². The van der Waals surface area contributed by atoms with E-state index in [9.17, 15) is 4.79 Å². The van der Waals surface area contributed by atoms with Crippen LogP contribution >= 0.6 is 0 Å². The molecular formula is C14H28N2O3. The molecule has 1 N–H and O–H groups in total. The summed E-state index contributed by atoms with van der Waals surface area (Å²) in [5.74, 6) is 0.856. The standard InChI is InChI=1S/C14H28N2O3/c1-4-12-5-6-15-13(11-12)14(17)16(7-9-18-2)8-10-19-3/h12-13,15H,4-11H2,1-3H3. The third-order valence-corrected chi connectivity index (χ3v) is 3.83. The molecule has 112 valence electrons. The van der Waals surface area contributed by atoms with Crippen molar-refractivity contribution in [3.8, 4) is 0 Å². The van der Waals surface area contributed by atoms with Gasteiger partial charge in [0.25, 0.3) is 0 Å². The summed E-state index contributed by atoms with van der Waals surface area (Å²) < 4.78 is 10.2. The predicted molar refractivity (Wildman–Crippen MR) is 75.1 cm³/mol. The molecule has 2 atom stereocenters. The van der Waals surface area contributed by atoms with Gasteiger partial charge in [-0.05, 0) is 25.3 Å². The van der Waals surface area contributed by atoms with Crippen LogP contribution in [-0.4, -0.2) is 63.9 Å². The minimum absolute atomic E-state index is 0.0348. The lowest BCUT2D eigenvalue weighted by molar-refractivity contribution is -0.135. The fourth-order valence-electron chi connectivity index (χ4n) is 2.51. The number of ether oxygens (including phenoxy) is 2. The first-order chi connectivity index (χ1) is 9.22. The summed E-state index contributed by atoms with van der Waals surface area (Å²) in [6.07, 6.45) is 3.28. The van der Waals surface area contributed by atoms with Crippen molar-refractivity contribution in [2.24, 2.45) is 5.92 Å². The fourth-order valence-corrected chi connectivity index (χ4v) is 2.51. The monoisotopic (exact) mass is 272 g/mol. The van der Waals surface area contributed by atoms with E-state index < -0.39 is 0 Å². The smallest absolute Gasteiger partial charge is 0.239 e. The van der Waals surface area contributed by atoms with Gasteiger partial charge in [0.15, 0.2) is 0 Å². The molecule has 5 heteroatoms. The topological polar surface area (TPSA) is 50.8 Å². The number of nitrogens with zero attached hydrogens (tertiary/aromatic N) is 1. The van der Waals surface area contributed by atoms with Crippen molar-refractivity contribution in [3.05, 3.63) is 0 Å². The Hall–Kier alpha value is -0.650. The van der Waals surface area contributed by atoms with E-state index >= 15 is 0 Å². The van der Waals surface area contributed by atoms with Gasteiger partial charge in [0.05, 0.1) is 19.3 Å². The Morgan fingerprint density at radius 1 is 1.26 bits per heavy atom. The zero-order chi connectivity index (χ0) is 14.1. The second-order valence-corrected chi connectivity index (χ2v) is 5.12. The normalized spacial score (nSPS) is 23.3. The molecule has 5 nitrogen and oxygen atoms in total. The second kappa shape index (κ2) is 9.28. The van der Waals surface area contributed by atoms with E-state index in [2.05, 4.69) is 12.2 Å². The minimum Gasteiger partial charge on any atom is -0.383 e. The maximum atomic E-state index is 12.5. The van der Waals surface area contributed by atoms with E-state index in [1.54, 1.807) is 14.2 Å². The molecule has 0 radical (unpaired) electrons. The Labute approximate surface area is 116 Å². The summed E-state index contributed by atoms with van der Waals surface area (Å²) in [6, 6.07) is -0.0348. The summed E-state index contributed by atoms with van der Waals surface area (Å²) in [4.78, 5) is 14.4. The lowest BCUT2D eigenvalue weighted by Gasteiger charge is -2.33. The van der Waals surface area contributed by atoms with Crippen molar-refractivity contribution in [2.75, 3.05) is 47.1 Å². The Morgan fingerprint density at radius 2 is 1.89 bits per heavy atom. The van der Waals surface area contributed by atoms with Gasteiger partial charge in [0.2, 0.25) is 5.91 Å². The van der Waals surface area contributed by atoms with E-state index in [4.69, 9.17) is 9.47 Å². The van der Waals surface area contributed by atoms with Crippen molar-refractivity contribution in [1.29, 1.82) is 0 Å². The van der Waals surface area contributed by atoms with Crippen LogP contribution in [0.1, 0.15) is 26.2 Å². The number of piperidine rings is 1. The van der Waals surface area contributed by atoms with Crippen molar-refractivity contribution >= 4 is 5.91 Å². The van der Waals surface area contributed by atoms with Crippen LogP contribution in [0.4, 0.5) is 0 Å². The molecule has 0 saturated carbocycles. The minimum atomic E-state index is -0.0348. The van der Waals surface area contributed by atoms with Crippen LogP contribution in [0, 0.1) is 5.92 Å². The van der Waals surface area contributed by atoms with Crippen LogP contribution in [-0.2, 0) is 14.3 Å². The van der Waals surface area contributed by atoms with E-state index in [0.717, 1.165) is 19.4 Å². The molecule has 0 aliphatic carbocycles. The molecule has 2 unspecified atom stereocenters. The number of carbonyl (C=O) groups is 1. The molecule has 1 aliphatic heterocycles. The highest BCUT2D eigenvalue weighted by atomic mass is 16.5. The zero-order valence-corrected chi connectivity index (χ0v) is 12.5. The first kappa shape index (κ1) is 16.4. The van der Waals surface area contributed by atoms with Crippen LogP contribution in [0.15, 0.2) is 0 Å². The molecule has 0 aromatic rings. The first-order valence-corrected chi connectivity index (χ1v) is 7.23. The van der Waals surface area contributed by atoms with Crippen LogP contribution in [0.2, 0.25) is 0 Å². The quantitative estimate of drug-likeness (QED) is 0.713. The summed E-state index contributed by atoms with van der Waals surface area (Å²) in [7, 11) is 3.32. The van der Waals surface area contributed by atoms with Gasteiger partial charge in [0.1, 0.15) is 0 Å².